The SMILES string of the molecule is NCCN(CCN)CCNCC(O)CO. The van der Waals surface area contributed by atoms with Crippen LogP contribution in [-0.2, 0) is 0 Å². The minimum atomic E-state index is -0.678. The quantitative estimate of drug-likeness (QED) is 0.254. The van der Waals surface area contributed by atoms with Crippen molar-refractivity contribution in [1.29, 1.82) is 0 Å². The first kappa shape index (κ1) is 14.8. The van der Waals surface area contributed by atoms with Gasteiger partial charge in [-0.05, 0) is 0 Å². The van der Waals surface area contributed by atoms with E-state index < -0.39 is 6.10 Å². The van der Waals surface area contributed by atoms with Gasteiger partial charge in [0.15, 0.2) is 0 Å². The van der Waals surface area contributed by atoms with Gasteiger partial charge < -0.3 is 27.0 Å². The van der Waals surface area contributed by atoms with Crippen molar-refractivity contribution in [2.24, 2.45) is 11.5 Å². The van der Waals surface area contributed by atoms with Crippen molar-refractivity contribution in [3.05, 3.63) is 0 Å². The number of hydrogen-bond acceptors (Lipinski definition) is 6. The second-order valence-electron chi connectivity index (χ2n) is 3.46. The topological polar surface area (TPSA) is 108 Å². The summed E-state index contributed by atoms with van der Waals surface area (Å²) in [7, 11) is 0. The molecule has 92 valence electrons. The van der Waals surface area contributed by atoms with Crippen LogP contribution in [0.2, 0.25) is 0 Å². The third-order valence-corrected chi connectivity index (χ3v) is 2.09. The summed E-state index contributed by atoms with van der Waals surface area (Å²) in [5.74, 6) is 0. The minimum absolute atomic E-state index is 0.206. The first-order valence-electron chi connectivity index (χ1n) is 5.36. The molecule has 0 aliphatic heterocycles. The Labute approximate surface area is 91.2 Å². The first-order chi connectivity index (χ1) is 7.24. The van der Waals surface area contributed by atoms with E-state index in [4.69, 9.17) is 21.7 Å². The molecule has 0 rings (SSSR count). The minimum Gasteiger partial charge on any atom is -0.394 e. The van der Waals surface area contributed by atoms with E-state index in [1.165, 1.54) is 0 Å². The molecular formula is C9H24N4O2. The molecule has 0 spiro atoms. The van der Waals surface area contributed by atoms with Gasteiger partial charge in [-0.15, -0.1) is 0 Å². The molecule has 0 aliphatic carbocycles. The lowest BCUT2D eigenvalue weighted by Crippen LogP contribution is -2.40. The zero-order valence-electron chi connectivity index (χ0n) is 9.23. The van der Waals surface area contributed by atoms with Gasteiger partial charge in [0.05, 0.1) is 12.7 Å². The molecule has 1 unspecified atom stereocenters. The zero-order valence-corrected chi connectivity index (χ0v) is 9.23. The number of hydrogen-bond donors (Lipinski definition) is 5. The van der Waals surface area contributed by atoms with E-state index in [9.17, 15) is 0 Å². The normalized spacial score (nSPS) is 13.4. The Morgan fingerprint density at radius 2 is 1.73 bits per heavy atom. The second-order valence-corrected chi connectivity index (χ2v) is 3.46. The van der Waals surface area contributed by atoms with Crippen LogP contribution in [-0.4, -0.2) is 73.6 Å². The van der Waals surface area contributed by atoms with Crippen LogP contribution in [0.4, 0.5) is 0 Å². The highest BCUT2D eigenvalue weighted by Crippen LogP contribution is 1.84. The van der Waals surface area contributed by atoms with E-state index >= 15 is 0 Å². The summed E-state index contributed by atoms with van der Waals surface area (Å²) >= 11 is 0. The highest BCUT2D eigenvalue weighted by atomic mass is 16.3. The molecule has 0 aromatic heterocycles. The zero-order chi connectivity index (χ0) is 11.5. The summed E-state index contributed by atoms with van der Waals surface area (Å²) in [4.78, 5) is 2.17. The smallest absolute Gasteiger partial charge is 0.0894 e. The lowest BCUT2D eigenvalue weighted by Gasteiger charge is -2.21. The maximum absolute atomic E-state index is 9.06. The number of rotatable bonds is 10. The number of nitrogens with one attached hydrogen (secondary N) is 1. The number of nitrogens with zero attached hydrogens (tertiary/aromatic N) is 1. The van der Waals surface area contributed by atoms with Gasteiger partial charge in [0.25, 0.3) is 0 Å². The highest BCUT2D eigenvalue weighted by Gasteiger charge is 2.03. The lowest BCUT2D eigenvalue weighted by molar-refractivity contribution is 0.0938. The average molecular weight is 220 g/mol. The first-order valence-corrected chi connectivity index (χ1v) is 5.36. The Morgan fingerprint density at radius 1 is 1.13 bits per heavy atom. The maximum Gasteiger partial charge on any atom is 0.0894 e. The standard InChI is InChI=1S/C9H24N4O2/c10-1-4-13(5-2-11)6-3-12-7-9(15)8-14/h9,12,14-15H,1-8,10-11H2. The van der Waals surface area contributed by atoms with Crippen LogP contribution in [0, 0.1) is 0 Å². The van der Waals surface area contributed by atoms with Crippen molar-refractivity contribution in [3.63, 3.8) is 0 Å². The Balaban J connectivity index is 3.43. The molecule has 0 bridgehead atoms. The van der Waals surface area contributed by atoms with Gasteiger partial charge in [0.2, 0.25) is 0 Å². The Morgan fingerprint density at radius 3 is 2.20 bits per heavy atom. The predicted molar refractivity (Wildman–Crippen MR) is 60.5 cm³/mol. The van der Waals surface area contributed by atoms with Crippen molar-refractivity contribution >= 4 is 0 Å². The molecule has 0 saturated carbocycles. The number of nitrogens with two attached hydrogens (primary N) is 2. The number of aliphatic hydroxyl groups excluding tert-OH is 2. The molecule has 1 atom stereocenters. The van der Waals surface area contributed by atoms with E-state index in [1.54, 1.807) is 0 Å². The molecular weight excluding hydrogens is 196 g/mol. The van der Waals surface area contributed by atoms with Gasteiger partial charge in [-0.3, -0.25) is 4.90 Å². The summed E-state index contributed by atoms with van der Waals surface area (Å²) in [6.07, 6.45) is -0.678. The van der Waals surface area contributed by atoms with Crippen LogP contribution in [0.15, 0.2) is 0 Å². The predicted octanol–water partition coefficient (Wildman–Crippen LogP) is -2.85. The molecule has 0 saturated heterocycles. The van der Waals surface area contributed by atoms with Gasteiger partial charge >= 0.3 is 0 Å². The van der Waals surface area contributed by atoms with Gasteiger partial charge in [0, 0.05) is 45.8 Å². The van der Waals surface area contributed by atoms with Crippen LogP contribution in [0.25, 0.3) is 0 Å². The summed E-state index contributed by atoms with van der Waals surface area (Å²) in [6.45, 7) is 4.74. The molecule has 0 aliphatic rings. The number of aliphatic hydroxyl groups is 2. The summed E-state index contributed by atoms with van der Waals surface area (Å²) in [5, 5.41) is 20.7. The third-order valence-electron chi connectivity index (χ3n) is 2.09. The van der Waals surface area contributed by atoms with Crippen LogP contribution in [0.3, 0.4) is 0 Å². The van der Waals surface area contributed by atoms with E-state index in [0.717, 1.165) is 26.2 Å². The van der Waals surface area contributed by atoms with Crippen LogP contribution in [0.5, 0.6) is 0 Å². The monoisotopic (exact) mass is 220 g/mol. The van der Waals surface area contributed by atoms with Gasteiger partial charge in [-0.1, -0.05) is 0 Å². The third kappa shape index (κ3) is 8.73. The average Bonchev–Trinajstić information content (AvgIpc) is 2.24. The fourth-order valence-electron chi connectivity index (χ4n) is 1.27. The van der Waals surface area contributed by atoms with Crippen molar-refractivity contribution < 1.29 is 10.2 Å². The maximum atomic E-state index is 9.06. The van der Waals surface area contributed by atoms with E-state index in [1.807, 2.05) is 0 Å². The summed E-state index contributed by atoms with van der Waals surface area (Å²) in [6, 6.07) is 0. The molecule has 6 heteroatoms. The fourth-order valence-corrected chi connectivity index (χ4v) is 1.27. The van der Waals surface area contributed by atoms with Gasteiger partial charge in [0.1, 0.15) is 0 Å². The van der Waals surface area contributed by atoms with Crippen molar-refractivity contribution in [2.45, 2.75) is 6.10 Å². The van der Waals surface area contributed by atoms with Crippen molar-refractivity contribution in [1.82, 2.24) is 10.2 Å². The molecule has 0 radical (unpaired) electrons. The fraction of sp³-hybridized carbons (Fsp3) is 1.00. The van der Waals surface area contributed by atoms with Crippen LogP contribution in [0.1, 0.15) is 0 Å². The van der Waals surface area contributed by atoms with E-state index in [0.29, 0.717) is 19.6 Å². The van der Waals surface area contributed by atoms with Crippen molar-refractivity contribution in [2.75, 3.05) is 52.4 Å². The van der Waals surface area contributed by atoms with Gasteiger partial charge in [-0.2, -0.15) is 0 Å². The highest BCUT2D eigenvalue weighted by molar-refractivity contribution is 4.63. The molecule has 0 heterocycles. The summed E-state index contributed by atoms with van der Waals surface area (Å²) < 4.78 is 0. The second kappa shape index (κ2) is 10.3. The van der Waals surface area contributed by atoms with Crippen molar-refractivity contribution in [3.8, 4) is 0 Å². The molecule has 0 fully saturated rings. The molecule has 15 heavy (non-hydrogen) atoms. The molecule has 0 aromatic carbocycles. The Bertz CT molecular complexity index is 131. The van der Waals surface area contributed by atoms with Gasteiger partial charge in [-0.25, -0.2) is 0 Å². The van der Waals surface area contributed by atoms with E-state index in [2.05, 4.69) is 10.2 Å². The van der Waals surface area contributed by atoms with Crippen LogP contribution < -0.4 is 16.8 Å². The largest absolute Gasteiger partial charge is 0.394 e. The Kier molecular flexibility index (Phi) is 10.1. The summed E-state index contributed by atoms with van der Waals surface area (Å²) in [5.41, 5.74) is 10.9. The van der Waals surface area contributed by atoms with E-state index in [-0.39, 0.29) is 6.61 Å². The Hall–Kier alpha value is -0.240. The molecule has 0 amide bonds. The molecule has 0 aromatic rings. The molecule has 6 nitrogen and oxygen atoms in total. The van der Waals surface area contributed by atoms with Crippen LogP contribution >= 0.6 is 0 Å². The lowest BCUT2D eigenvalue weighted by atomic mass is 10.3. The molecule has 7 N–H and O–H groups in total.